The quantitative estimate of drug-likeness (QED) is 0.0407. The number of alkyl carbamates (subject to hydrolysis) is 4. The molecule has 16 heteroatoms. The Bertz CT molecular complexity index is 2300. The molecule has 0 radical (unpaired) electrons. The third-order valence-electron chi connectivity index (χ3n) is 9.53. The van der Waals surface area contributed by atoms with Gasteiger partial charge in [-0.3, -0.25) is 0 Å². The average Bonchev–Trinajstić information content (AvgIpc) is 3.24. The van der Waals surface area contributed by atoms with Crippen LogP contribution >= 0.6 is 0 Å². The van der Waals surface area contributed by atoms with Crippen molar-refractivity contribution in [2.45, 2.75) is 138 Å². The van der Waals surface area contributed by atoms with E-state index in [1.807, 2.05) is 113 Å². The van der Waals surface area contributed by atoms with Crippen LogP contribution in [0, 0.1) is 0 Å². The summed E-state index contributed by atoms with van der Waals surface area (Å²) in [6.45, 7) is 25.1. The molecule has 4 amide bonds. The number of nitrogens with one attached hydrogen (secondary N) is 4. The van der Waals surface area contributed by atoms with Gasteiger partial charge in [-0.05, 0) is 190 Å². The summed E-state index contributed by atoms with van der Waals surface area (Å²) < 4.78 is 46.1. The highest BCUT2D eigenvalue weighted by molar-refractivity contribution is 5.91. The van der Waals surface area contributed by atoms with Gasteiger partial charge in [0.15, 0.2) is 0 Å². The minimum atomic E-state index is -0.593. The third kappa shape index (κ3) is 23.8. The number of rotatable bonds is 23. The molecule has 0 aliphatic carbocycles. The van der Waals surface area contributed by atoms with Crippen LogP contribution in [-0.2, 0) is 30.3 Å². The maximum absolute atomic E-state index is 12.2. The smallest absolute Gasteiger partial charge is 0.407 e. The van der Waals surface area contributed by atoms with Crippen LogP contribution < -0.4 is 35.5 Å². The lowest BCUT2D eigenvalue weighted by Gasteiger charge is -2.19. The minimum Gasteiger partial charge on any atom is -0.493 e. The average molecular weight is 987 g/mol. The second-order valence-electron chi connectivity index (χ2n) is 21.1. The van der Waals surface area contributed by atoms with Crippen molar-refractivity contribution < 1.29 is 57.1 Å². The number of carbonyl (C=O) groups is 4. The fraction of sp³-hybridized carbons (Fsp3) is 0.527. The van der Waals surface area contributed by atoms with Crippen LogP contribution in [0.5, 0.6) is 17.2 Å². The summed E-state index contributed by atoms with van der Waals surface area (Å²) in [4.78, 5) is 48.6. The maximum Gasteiger partial charge on any atom is 0.407 e. The van der Waals surface area contributed by atoms with Crippen LogP contribution in [0.2, 0.25) is 0 Å². The molecule has 0 atom stereocenters. The standard InChI is InChI=1S/C55H78N4O12/c1-52(2,3)68-48(60)56-21-13-25-64-37-38-29-42(33-45(30-38)65-26-14-22-57-49(61)69-53(4,5)6)40-19-17-39-18-20-41(32-43(39)31-40)44-34-46(66-27-15-23-58-50(62)70-54(7,8)9)36-47(35-44)67-28-16-24-59-51(63)71-55(10,11)12/h17-20,29-36H,13-16,21-28,37H2,1-12H3,(H,56,60)(H,57,61)(H,58,62)(H,59,63). The molecule has 4 aromatic carbocycles. The second-order valence-corrected chi connectivity index (χ2v) is 21.1. The van der Waals surface area contributed by atoms with E-state index in [2.05, 4.69) is 63.7 Å². The first-order chi connectivity index (χ1) is 33.3. The van der Waals surface area contributed by atoms with Crippen molar-refractivity contribution >= 4 is 35.1 Å². The van der Waals surface area contributed by atoms with Crippen molar-refractivity contribution in [3.8, 4) is 39.5 Å². The zero-order chi connectivity index (χ0) is 52.2. The SMILES string of the molecule is CC(C)(C)OC(=O)NCCCOCc1cc(OCCCNC(=O)OC(C)(C)C)cc(-c2ccc3ccc(-c4cc(OCCCNC(=O)OC(C)(C)C)cc(OCCCNC(=O)OC(C)(C)C)c4)cc3c2)c1. The van der Waals surface area contributed by atoms with Gasteiger partial charge in [0.1, 0.15) is 39.7 Å². The molecular formula is C55H78N4O12. The summed E-state index contributed by atoms with van der Waals surface area (Å²) in [7, 11) is 0. The van der Waals surface area contributed by atoms with Crippen molar-refractivity contribution in [3.63, 3.8) is 0 Å². The van der Waals surface area contributed by atoms with E-state index in [0.717, 1.165) is 38.6 Å². The number of hydrogen-bond acceptors (Lipinski definition) is 12. The van der Waals surface area contributed by atoms with Crippen molar-refractivity contribution in [2.24, 2.45) is 0 Å². The van der Waals surface area contributed by atoms with E-state index in [-0.39, 0.29) is 0 Å². The van der Waals surface area contributed by atoms with Crippen molar-refractivity contribution in [2.75, 3.05) is 52.6 Å². The van der Waals surface area contributed by atoms with Crippen LogP contribution in [0.25, 0.3) is 33.0 Å². The Kier molecular flexibility index (Phi) is 21.5. The molecule has 71 heavy (non-hydrogen) atoms. The Morgan fingerprint density at radius 3 is 1.08 bits per heavy atom. The Morgan fingerprint density at radius 1 is 0.380 bits per heavy atom. The molecule has 0 bridgehead atoms. The Morgan fingerprint density at radius 2 is 0.718 bits per heavy atom. The molecule has 0 saturated carbocycles. The van der Waals surface area contributed by atoms with Gasteiger partial charge in [-0.1, -0.05) is 24.3 Å². The lowest BCUT2D eigenvalue weighted by molar-refractivity contribution is 0.0507. The maximum atomic E-state index is 12.2. The summed E-state index contributed by atoms with van der Waals surface area (Å²) in [5.74, 6) is 1.85. The molecule has 0 aliphatic rings. The van der Waals surface area contributed by atoms with Crippen LogP contribution in [0.15, 0.2) is 72.8 Å². The van der Waals surface area contributed by atoms with E-state index in [0.29, 0.717) is 102 Å². The zero-order valence-electron chi connectivity index (χ0n) is 44.0. The number of fused-ring (bicyclic) bond motifs is 1. The first-order valence-corrected chi connectivity index (χ1v) is 24.5. The summed E-state index contributed by atoms with van der Waals surface area (Å²) in [6.07, 6.45) is 0.363. The summed E-state index contributed by atoms with van der Waals surface area (Å²) in [5.41, 5.74) is 2.27. The molecule has 16 nitrogen and oxygen atoms in total. The van der Waals surface area contributed by atoms with E-state index < -0.39 is 46.8 Å². The Labute approximate surface area is 420 Å². The van der Waals surface area contributed by atoms with Gasteiger partial charge in [-0.25, -0.2) is 19.2 Å². The molecule has 4 N–H and O–H groups in total. The lowest BCUT2D eigenvalue weighted by atomic mass is 9.96. The molecule has 0 unspecified atom stereocenters. The molecule has 4 aromatic rings. The number of amides is 4. The monoisotopic (exact) mass is 987 g/mol. The van der Waals surface area contributed by atoms with Gasteiger partial charge in [0.2, 0.25) is 0 Å². The van der Waals surface area contributed by atoms with Crippen LogP contribution in [-0.4, -0.2) is 99.4 Å². The fourth-order valence-corrected chi connectivity index (χ4v) is 6.67. The topological polar surface area (TPSA) is 190 Å². The lowest BCUT2D eigenvalue weighted by Crippen LogP contribution is -2.33. The van der Waals surface area contributed by atoms with Gasteiger partial charge < -0.3 is 59.2 Å². The molecule has 0 aliphatic heterocycles. The van der Waals surface area contributed by atoms with E-state index >= 15 is 0 Å². The predicted octanol–water partition coefficient (Wildman–Crippen LogP) is 11.5. The Hall–Kier alpha value is -6.42. The van der Waals surface area contributed by atoms with Gasteiger partial charge in [0, 0.05) is 38.9 Å². The molecule has 390 valence electrons. The molecule has 0 aromatic heterocycles. The van der Waals surface area contributed by atoms with Gasteiger partial charge in [0.05, 0.1) is 26.4 Å². The number of hydrogen-bond donors (Lipinski definition) is 4. The second kappa shape index (κ2) is 26.7. The summed E-state index contributed by atoms with van der Waals surface area (Å²) in [5, 5.41) is 13.1. The predicted molar refractivity (Wildman–Crippen MR) is 276 cm³/mol. The molecule has 0 spiro atoms. The van der Waals surface area contributed by atoms with E-state index in [1.165, 1.54) is 0 Å². The Balaban J connectivity index is 1.54. The normalized spacial score (nSPS) is 11.8. The van der Waals surface area contributed by atoms with Gasteiger partial charge in [0.25, 0.3) is 0 Å². The van der Waals surface area contributed by atoms with E-state index in [9.17, 15) is 19.2 Å². The highest BCUT2D eigenvalue weighted by Crippen LogP contribution is 2.34. The molecule has 0 fully saturated rings. The van der Waals surface area contributed by atoms with Gasteiger partial charge in [-0.2, -0.15) is 0 Å². The molecule has 0 saturated heterocycles. The van der Waals surface area contributed by atoms with Crippen molar-refractivity contribution in [1.29, 1.82) is 0 Å². The summed E-state index contributed by atoms with van der Waals surface area (Å²) in [6, 6.07) is 24.4. The van der Waals surface area contributed by atoms with E-state index in [1.54, 1.807) is 0 Å². The first kappa shape index (κ1) is 57.2. The highest BCUT2D eigenvalue weighted by Gasteiger charge is 2.19. The highest BCUT2D eigenvalue weighted by atomic mass is 16.6. The van der Waals surface area contributed by atoms with Gasteiger partial charge >= 0.3 is 24.4 Å². The zero-order valence-corrected chi connectivity index (χ0v) is 44.0. The first-order valence-electron chi connectivity index (χ1n) is 24.5. The van der Waals surface area contributed by atoms with Crippen LogP contribution in [0.1, 0.15) is 114 Å². The largest absolute Gasteiger partial charge is 0.493 e. The number of ether oxygens (including phenoxy) is 8. The van der Waals surface area contributed by atoms with Crippen LogP contribution in [0.4, 0.5) is 19.2 Å². The minimum absolute atomic E-state index is 0.317. The van der Waals surface area contributed by atoms with Gasteiger partial charge in [-0.15, -0.1) is 0 Å². The number of carbonyl (C=O) groups excluding carboxylic acids is 4. The molecule has 0 heterocycles. The van der Waals surface area contributed by atoms with Crippen molar-refractivity contribution in [3.05, 3.63) is 78.4 Å². The molecular weight excluding hydrogens is 909 g/mol. The fourth-order valence-electron chi connectivity index (χ4n) is 6.67. The number of benzene rings is 4. The van der Waals surface area contributed by atoms with E-state index in [4.69, 9.17) is 37.9 Å². The molecule has 4 rings (SSSR count). The van der Waals surface area contributed by atoms with Crippen LogP contribution in [0.3, 0.4) is 0 Å². The van der Waals surface area contributed by atoms with Crippen molar-refractivity contribution in [1.82, 2.24) is 21.3 Å². The third-order valence-corrected chi connectivity index (χ3v) is 9.53. The summed E-state index contributed by atoms with van der Waals surface area (Å²) >= 11 is 0.